The van der Waals surface area contributed by atoms with Gasteiger partial charge in [0.15, 0.2) is 0 Å². The number of hydrogen-bond acceptors (Lipinski definition) is 3. The SMILES string of the molecule is O=C(O)[C@@H]1Cc2cc(Cl)c(Oc3ccc(Cl)cc3Cl)cc2O[C@@H]1C(F)(F)F. The molecule has 4 nitrogen and oxygen atoms in total. The van der Waals surface area contributed by atoms with Gasteiger partial charge >= 0.3 is 12.1 Å². The van der Waals surface area contributed by atoms with Crippen molar-refractivity contribution < 1.29 is 32.5 Å². The molecular formula is C17H10Cl3F3O4. The van der Waals surface area contributed by atoms with E-state index in [0.29, 0.717) is 5.02 Å². The highest BCUT2D eigenvalue weighted by molar-refractivity contribution is 6.35. The summed E-state index contributed by atoms with van der Waals surface area (Å²) in [4.78, 5) is 11.2. The largest absolute Gasteiger partial charge is 0.481 e. The summed E-state index contributed by atoms with van der Waals surface area (Å²) in [7, 11) is 0. The number of carboxylic acid groups (broad SMARTS) is 1. The Morgan fingerprint density at radius 3 is 2.37 bits per heavy atom. The molecule has 0 saturated carbocycles. The number of hydrogen-bond donors (Lipinski definition) is 1. The van der Waals surface area contributed by atoms with Crippen LogP contribution in [0.5, 0.6) is 17.2 Å². The minimum Gasteiger partial charge on any atom is -0.481 e. The quantitative estimate of drug-likeness (QED) is 0.634. The van der Waals surface area contributed by atoms with Crippen LogP contribution in [0.1, 0.15) is 5.56 Å². The maximum absolute atomic E-state index is 13.2. The van der Waals surface area contributed by atoms with Gasteiger partial charge in [-0.05, 0) is 36.2 Å². The van der Waals surface area contributed by atoms with E-state index in [2.05, 4.69) is 0 Å². The monoisotopic (exact) mass is 440 g/mol. The lowest BCUT2D eigenvalue weighted by Gasteiger charge is -2.32. The van der Waals surface area contributed by atoms with Crippen molar-refractivity contribution in [3.8, 4) is 17.2 Å². The number of fused-ring (bicyclic) bond motifs is 1. The molecule has 27 heavy (non-hydrogen) atoms. The lowest BCUT2D eigenvalue weighted by atomic mass is 9.90. The van der Waals surface area contributed by atoms with E-state index in [0.717, 1.165) is 0 Å². The van der Waals surface area contributed by atoms with Gasteiger partial charge in [0, 0.05) is 11.1 Å². The Labute approximate surface area is 166 Å². The zero-order chi connectivity index (χ0) is 19.9. The lowest BCUT2D eigenvalue weighted by molar-refractivity contribution is -0.217. The lowest BCUT2D eigenvalue weighted by Crippen LogP contribution is -2.47. The fourth-order valence-corrected chi connectivity index (χ4v) is 3.35. The predicted molar refractivity (Wildman–Crippen MR) is 93.3 cm³/mol. The van der Waals surface area contributed by atoms with Crippen molar-refractivity contribution in [1.29, 1.82) is 0 Å². The van der Waals surface area contributed by atoms with Crippen LogP contribution in [-0.4, -0.2) is 23.4 Å². The molecule has 0 amide bonds. The Morgan fingerprint density at radius 1 is 1.11 bits per heavy atom. The number of carboxylic acids is 1. The Morgan fingerprint density at radius 2 is 1.78 bits per heavy atom. The summed E-state index contributed by atoms with van der Waals surface area (Å²) in [6.07, 6.45) is -7.70. The molecule has 0 bridgehead atoms. The van der Waals surface area contributed by atoms with E-state index in [1.807, 2.05) is 0 Å². The summed E-state index contributed by atoms with van der Waals surface area (Å²) in [5, 5.41) is 9.73. The van der Waals surface area contributed by atoms with Crippen molar-refractivity contribution in [3.05, 3.63) is 51.0 Å². The van der Waals surface area contributed by atoms with Crippen LogP contribution < -0.4 is 9.47 Å². The standard InChI is InChI=1S/C17H10Cl3F3O4/c18-8-1-2-12(11(20)5-8)26-14-6-13-7(4-10(14)19)3-9(16(24)25)15(27-13)17(21,22)23/h1-2,4-6,9,15H,3H2,(H,24,25)/t9-,15+/m1/s1. The number of benzene rings is 2. The first-order valence-corrected chi connectivity index (χ1v) is 8.61. The normalized spacial score (nSPS) is 19.2. The molecule has 0 radical (unpaired) electrons. The second kappa shape index (κ2) is 7.30. The van der Waals surface area contributed by atoms with E-state index in [1.54, 1.807) is 0 Å². The minimum atomic E-state index is -4.85. The van der Waals surface area contributed by atoms with Gasteiger partial charge in [0.25, 0.3) is 0 Å². The zero-order valence-corrected chi connectivity index (χ0v) is 15.5. The van der Waals surface area contributed by atoms with Gasteiger partial charge in [0.05, 0.1) is 10.0 Å². The third-order valence-electron chi connectivity index (χ3n) is 3.93. The predicted octanol–water partition coefficient (Wildman–Crippen LogP) is 6.01. The number of ether oxygens (including phenoxy) is 2. The number of carbonyl (C=O) groups is 1. The molecule has 2 aromatic rings. The molecule has 2 atom stereocenters. The smallest absolute Gasteiger partial charge is 0.426 e. The van der Waals surface area contributed by atoms with E-state index in [1.165, 1.54) is 30.3 Å². The fraction of sp³-hybridized carbons (Fsp3) is 0.235. The molecule has 0 fully saturated rings. The van der Waals surface area contributed by atoms with Crippen LogP contribution in [0.25, 0.3) is 0 Å². The summed E-state index contributed by atoms with van der Waals surface area (Å²) in [5.41, 5.74) is 0.238. The fourth-order valence-electron chi connectivity index (χ4n) is 2.67. The second-order valence-corrected chi connectivity index (χ2v) is 7.05. The first-order chi connectivity index (χ1) is 12.6. The molecule has 1 aliphatic heterocycles. The highest BCUT2D eigenvalue weighted by atomic mass is 35.5. The number of alkyl halides is 3. The van der Waals surface area contributed by atoms with Crippen molar-refractivity contribution in [2.75, 3.05) is 0 Å². The molecule has 1 heterocycles. The Balaban J connectivity index is 1.97. The number of rotatable bonds is 3. The van der Waals surface area contributed by atoms with Gasteiger partial charge in [-0.15, -0.1) is 0 Å². The van der Waals surface area contributed by atoms with E-state index < -0.39 is 24.2 Å². The molecule has 1 aliphatic rings. The molecule has 0 aromatic heterocycles. The molecular weight excluding hydrogens is 432 g/mol. The van der Waals surface area contributed by atoms with Crippen molar-refractivity contribution in [2.45, 2.75) is 18.7 Å². The Hall–Kier alpha value is -1.83. The molecule has 1 N–H and O–H groups in total. The van der Waals surface area contributed by atoms with Gasteiger partial charge in [-0.2, -0.15) is 13.2 Å². The van der Waals surface area contributed by atoms with Crippen LogP contribution >= 0.6 is 34.8 Å². The Kier molecular flexibility index (Phi) is 5.38. The van der Waals surface area contributed by atoms with Crippen LogP contribution in [0.3, 0.4) is 0 Å². The van der Waals surface area contributed by atoms with Gasteiger partial charge in [-0.3, -0.25) is 4.79 Å². The van der Waals surface area contributed by atoms with Gasteiger partial charge in [-0.1, -0.05) is 34.8 Å². The van der Waals surface area contributed by atoms with Gasteiger partial charge < -0.3 is 14.6 Å². The summed E-state index contributed by atoms with van der Waals surface area (Å²) in [6, 6.07) is 6.92. The van der Waals surface area contributed by atoms with Crippen molar-refractivity contribution in [3.63, 3.8) is 0 Å². The van der Waals surface area contributed by atoms with Gasteiger partial charge in [-0.25, -0.2) is 0 Å². The zero-order valence-electron chi connectivity index (χ0n) is 13.2. The maximum atomic E-state index is 13.2. The summed E-state index contributed by atoms with van der Waals surface area (Å²) in [6.45, 7) is 0. The van der Waals surface area contributed by atoms with Crippen LogP contribution in [0.2, 0.25) is 15.1 Å². The molecule has 0 saturated heterocycles. The first kappa shape index (κ1) is 19.9. The molecule has 10 heteroatoms. The third-order valence-corrected chi connectivity index (χ3v) is 4.75. The molecule has 3 rings (SSSR count). The minimum absolute atomic E-state index is 0.00865. The average molecular weight is 442 g/mol. The van der Waals surface area contributed by atoms with Crippen LogP contribution in [0, 0.1) is 5.92 Å². The highest BCUT2D eigenvalue weighted by Gasteiger charge is 2.52. The van der Waals surface area contributed by atoms with E-state index in [9.17, 15) is 18.0 Å². The molecule has 0 spiro atoms. The maximum Gasteiger partial charge on any atom is 0.426 e. The van der Waals surface area contributed by atoms with E-state index in [4.69, 9.17) is 49.4 Å². The first-order valence-electron chi connectivity index (χ1n) is 7.47. The van der Waals surface area contributed by atoms with Gasteiger partial charge in [0.2, 0.25) is 6.10 Å². The molecule has 0 unspecified atom stereocenters. The summed E-state index contributed by atoms with van der Waals surface area (Å²) >= 11 is 17.9. The Bertz CT molecular complexity index is 902. The molecule has 144 valence electrons. The summed E-state index contributed by atoms with van der Waals surface area (Å²) < 4.78 is 50.1. The van der Waals surface area contributed by atoms with Crippen LogP contribution in [0.15, 0.2) is 30.3 Å². The van der Waals surface area contributed by atoms with Crippen molar-refractivity contribution >= 4 is 40.8 Å². The third kappa shape index (κ3) is 4.20. The number of halogens is 6. The van der Waals surface area contributed by atoms with E-state index >= 15 is 0 Å². The number of aliphatic carboxylic acids is 1. The average Bonchev–Trinajstić information content (AvgIpc) is 2.55. The summed E-state index contributed by atoms with van der Waals surface area (Å²) in [5.74, 6) is -3.33. The van der Waals surface area contributed by atoms with Crippen LogP contribution in [-0.2, 0) is 11.2 Å². The highest BCUT2D eigenvalue weighted by Crippen LogP contribution is 2.44. The topological polar surface area (TPSA) is 55.8 Å². The van der Waals surface area contributed by atoms with Crippen LogP contribution in [0.4, 0.5) is 13.2 Å². The van der Waals surface area contributed by atoms with E-state index in [-0.39, 0.29) is 39.3 Å². The molecule has 2 aromatic carbocycles. The van der Waals surface area contributed by atoms with Crippen molar-refractivity contribution in [2.24, 2.45) is 5.92 Å². The second-order valence-electron chi connectivity index (χ2n) is 5.80. The van der Waals surface area contributed by atoms with Gasteiger partial charge in [0.1, 0.15) is 23.2 Å². The van der Waals surface area contributed by atoms with Crippen molar-refractivity contribution in [1.82, 2.24) is 0 Å². The molecule has 0 aliphatic carbocycles.